The molecule has 0 amide bonds. The van der Waals surface area contributed by atoms with Crippen molar-refractivity contribution in [2.75, 3.05) is 14.1 Å². The van der Waals surface area contributed by atoms with Gasteiger partial charge in [0, 0.05) is 22.8 Å². The summed E-state index contributed by atoms with van der Waals surface area (Å²) in [5.74, 6) is 0. The zero-order valence-corrected chi connectivity index (χ0v) is 8.72. The van der Waals surface area contributed by atoms with E-state index in [-0.39, 0.29) is 11.6 Å². The van der Waals surface area contributed by atoms with E-state index in [0.717, 1.165) is 5.69 Å². The van der Waals surface area contributed by atoms with Gasteiger partial charge in [-0.15, -0.1) is 0 Å². The third-order valence-electron chi connectivity index (χ3n) is 2.05. The van der Waals surface area contributed by atoms with Crippen LogP contribution in [0.5, 0.6) is 0 Å². The van der Waals surface area contributed by atoms with E-state index >= 15 is 0 Å². The van der Waals surface area contributed by atoms with E-state index in [2.05, 4.69) is 4.98 Å². The second-order valence-electron chi connectivity index (χ2n) is 3.26. The Kier molecular flexibility index (Phi) is 3.12. The first-order valence-electron chi connectivity index (χ1n) is 4.07. The zero-order valence-electron chi connectivity index (χ0n) is 7.97. The van der Waals surface area contributed by atoms with Crippen molar-refractivity contribution < 1.29 is 0 Å². The molecule has 72 valence electrons. The first-order valence-corrected chi connectivity index (χ1v) is 4.44. The molecule has 1 heterocycles. The number of nitrogens with zero attached hydrogens (tertiary/aromatic N) is 1. The third-order valence-corrected chi connectivity index (χ3v) is 2.27. The van der Waals surface area contributed by atoms with Crippen molar-refractivity contribution in [2.24, 2.45) is 0 Å². The van der Waals surface area contributed by atoms with Crippen LogP contribution in [-0.4, -0.2) is 24.0 Å². The number of hydrogen-bond acceptors (Lipinski definition) is 2. The molecule has 0 aromatic carbocycles. The summed E-state index contributed by atoms with van der Waals surface area (Å²) in [6, 6.07) is 3.30. The van der Waals surface area contributed by atoms with Crippen molar-refractivity contribution in [2.45, 2.75) is 13.0 Å². The van der Waals surface area contributed by atoms with Gasteiger partial charge in [-0.3, -0.25) is 4.79 Å². The Morgan fingerprint density at radius 3 is 2.54 bits per heavy atom. The summed E-state index contributed by atoms with van der Waals surface area (Å²) in [5, 5.41) is 0.479. The fraction of sp³-hybridized carbons (Fsp3) is 0.444. The van der Waals surface area contributed by atoms with Crippen LogP contribution < -0.4 is 5.56 Å². The van der Waals surface area contributed by atoms with Crippen molar-refractivity contribution in [3.8, 4) is 0 Å². The van der Waals surface area contributed by atoms with Crippen LogP contribution in [0.25, 0.3) is 0 Å². The van der Waals surface area contributed by atoms with Crippen LogP contribution in [0, 0.1) is 0 Å². The van der Waals surface area contributed by atoms with Gasteiger partial charge in [0.1, 0.15) is 0 Å². The highest BCUT2D eigenvalue weighted by Gasteiger charge is 2.08. The largest absolute Gasteiger partial charge is 0.325 e. The average molecular weight is 201 g/mol. The molecule has 0 spiro atoms. The van der Waals surface area contributed by atoms with Crippen molar-refractivity contribution in [1.29, 1.82) is 0 Å². The zero-order chi connectivity index (χ0) is 10.0. The Hall–Kier alpha value is -0.800. The van der Waals surface area contributed by atoms with Crippen molar-refractivity contribution in [3.05, 3.63) is 33.2 Å². The van der Waals surface area contributed by atoms with Gasteiger partial charge in [0.15, 0.2) is 0 Å². The van der Waals surface area contributed by atoms with Gasteiger partial charge in [-0.1, -0.05) is 11.6 Å². The molecule has 0 aliphatic heterocycles. The van der Waals surface area contributed by atoms with Gasteiger partial charge in [0.2, 0.25) is 5.56 Å². The fourth-order valence-electron chi connectivity index (χ4n) is 1.03. The second-order valence-corrected chi connectivity index (χ2v) is 3.69. The highest BCUT2D eigenvalue weighted by atomic mass is 35.5. The molecule has 1 aromatic heterocycles. The molecule has 0 aliphatic rings. The van der Waals surface area contributed by atoms with Crippen molar-refractivity contribution >= 4 is 11.6 Å². The summed E-state index contributed by atoms with van der Waals surface area (Å²) in [5.41, 5.74) is 0.679. The molecule has 1 atom stereocenters. The number of rotatable bonds is 2. The molecule has 1 N–H and O–H groups in total. The number of aromatic nitrogens is 1. The Morgan fingerprint density at radius 1 is 1.46 bits per heavy atom. The fourth-order valence-corrected chi connectivity index (χ4v) is 1.25. The van der Waals surface area contributed by atoms with Gasteiger partial charge < -0.3 is 9.88 Å². The quantitative estimate of drug-likeness (QED) is 0.788. The second kappa shape index (κ2) is 3.94. The predicted octanol–water partition coefficient (Wildman–Crippen LogP) is 1.65. The number of aromatic amines is 1. The molecule has 0 saturated carbocycles. The molecule has 1 rings (SSSR count). The summed E-state index contributed by atoms with van der Waals surface area (Å²) in [4.78, 5) is 15.8. The molecule has 13 heavy (non-hydrogen) atoms. The van der Waals surface area contributed by atoms with Crippen LogP contribution in [0.1, 0.15) is 18.7 Å². The van der Waals surface area contributed by atoms with Crippen LogP contribution in [-0.2, 0) is 0 Å². The van der Waals surface area contributed by atoms with E-state index in [1.807, 2.05) is 25.9 Å². The number of hydrogen-bond donors (Lipinski definition) is 1. The molecule has 0 saturated heterocycles. The van der Waals surface area contributed by atoms with Gasteiger partial charge in [-0.2, -0.15) is 0 Å². The maximum absolute atomic E-state index is 11.1. The SMILES string of the molecule is CC(c1cc(Cl)cc(=O)[nH]1)N(C)C. The Morgan fingerprint density at radius 2 is 2.08 bits per heavy atom. The lowest BCUT2D eigenvalue weighted by Gasteiger charge is -2.19. The van der Waals surface area contributed by atoms with E-state index in [4.69, 9.17) is 11.6 Å². The lowest BCUT2D eigenvalue weighted by Crippen LogP contribution is -2.20. The minimum absolute atomic E-state index is 0.156. The van der Waals surface area contributed by atoms with Crippen LogP contribution in [0.15, 0.2) is 16.9 Å². The predicted molar refractivity (Wildman–Crippen MR) is 54.2 cm³/mol. The molecule has 0 bridgehead atoms. The van der Waals surface area contributed by atoms with E-state index in [9.17, 15) is 4.79 Å². The Bertz CT molecular complexity index is 346. The van der Waals surface area contributed by atoms with Gasteiger partial charge in [-0.25, -0.2) is 0 Å². The summed E-state index contributed by atoms with van der Waals surface area (Å²) in [7, 11) is 3.90. The molecule has 3 nitrogen and oxygen atoms in total. The maximum Gasteiger partial charge on any atom is 0.249 e. The molecule has 4 heteroatoms. The van der Waals surface area contributed by atoms with Gasteiger partial charge in [-0.05, 0) is 27.1 Å². The van der Waals surface area contributed by atoms with Gasteiger partial charge >= 0.3 is 0 Å². The van der Waals surface area contributed by atoms with Crippen LogP contribution in [0.3, 0.4) is 0 Å². The lowest BCUT2D eigenvalue weighted by atomic mass is 10.2. The standard InChI is InChI=1S/C9H13ClN2O/c1-6(12(2)3)8-4-7(10)5-9(13)11-8/h4-6H,1-3H3,(H,11,13). The highest BCUT2D eigenvalue weighted by Crippen LogP contribution is 2.16. The molecule has 1 aromatic rings. The molecular formula is C9H13ClN2O. The summed E-state index contributed by atoms with van der Waals surface area (Å²) in [6.45, 7) is 2.00. The Balaban J connectivity index is 3.08. The smallest absolute Gasteiger partial charge is 0.249 e. The van der Waals surface area contributed by atoms with Crippen LogP contribution in [0.2, 0.25) is 5.02 Å². The molecule has 0 fully saturated rings. The highest BCUT2D eigenvalue weighted by molar-refractivity contribution is 6.30. The first-order chi connectivity index (χ1) is 6.00. The van der Waals surface area contributed by atoms with Crippen LogP contribution in [0.4, 0.5) is 0 Å². The molecule has 0 aliphatic carbocycles. The summed E-state index contributed by atoms with van der Waals surface area (Å²) in [6.07, 6.45) is 0. The van der Waals surface area contributed by atoms with Crippen molar-refractivity contribution in [3.63, 3.8) is 0 Å². The lowest BCUT2D eigenvalue weighted by molar-refractivity contribution is 0.315. The first kappa shape index (κ1) is 10.3. The number of pyridine rings is 1. The topological polar surface area (TPSA) is 36.1 Å². The number of H-pyrrole nitrogens is 1. The maximum atomic E-state index is 11.1. The van der Waals surface area contributed by atoms with Crippen molar-refractivity contribution in [1.82, 2.24) is 9.88 Å². The molecule has 1 unspecified atom stereocenters. The van der Waals surface area contributed by atoms with Crippen LogP contribution >= 0.6 is 11.6 Å². The Labute approximate surface area is 82.3 Å². The number of halogens is 1. The molecule has 0 radical (unpaired) electrons. The van der Waals surface area contributed by atoms with E-state index in [1.54, 1.807) is 6.07 Å². The normalized spacial score (nSPS) is 13.3. The monoisotopic (exact) mass is 200 g/mol. The van der Waals surface area contributed by atoms with E-state index in [0.29, 0.717) is 5.02 Å². The summed E-state index contributed by atoms with van der Waals surface area (Å²) < 4.78 is 0. The minimum atomic E-state index is -0.156. The molecular weight excluding hydrogens is 188 g/mol. The van der Waals surface area contributed by atoms with Gasteiger partial charge in [0.05, 0.1) is 0 Å². The number of nitrogens with one attached hydrogen (secondary N) is 1. The van der Waals surface area contributed by atoms with Gasteiger partial charge in [0.25, 0.3) is 0 Å². The van der Waals surface area contributed by atoms with E-state index in [1.165, 1.54) is 6.07 Å². The average Bonchev–Trinajstić information content (AvgIpc) is 2.01. The summed E-state index contributed by atoms with van der Waals surface area (Å²) >= 11 is 5.76. The minimum Gasteiger partial charge on any atom is -0.325 e. The van der Waals surface area contributed by atoms with E-state index < -0.39 is 0 Å². The third kappa shape index (κ3) is 2.57.